The van der Waals surface area contributed by atoms with Gasteiger partial charge in [-0.1, -0.05) is 48.0 Å². The van der Waals surface area contributed by atoms with Gasteiger partial charge < -0.3 is 10.1 Å². The number of amides is 2. The minimum Gasteiger partial charge on any atom is -0.489 e. The second-order valence-electron chi connectivity index (χ2n) is 7.13. The van der Waals surface area contributed by atoms with E-state index in [0.717, 1.165) is 11.1 Å². The zero-order valence-corrected chi connectivity index (χ0v) is 19.5. The van der Waals surface area contributed by atoms with Crippen molar-refractivity contribution in [3.8, 4) is 5.75 Å². The number of ether oxygens (including phenoxy) is 1. The first-order chi connectivity index (χ1) is 16.6. The van der Waals surface area contributed by atoms with Crippen molar-refractivity contribution in [3.05, 3.63) is 117 Å². The van der Waals surface area contributed by atoms with Gasteiger partial charge in [-0.15, -0.1) is 11.3 Å². The summed E-state index contributed by atoms with van der Waals surface area (Å²) in [7, 11) is 0. The molecule has 0 aliphatic carbocycles. The first-order valence-electron chi connectivity index (χ1n) is 10.3. The summed E-state index contributed by atoms with van der Waals surface area (Å²) in [5.41, 5.74) is 4.91. The van der Waals surface area contributed by atoms with Crippen molar-refractivity contribution in [3.63, 3.8) is 0 Å². The van der Waals surface area contributed by atoms with Gasteiger partial charge in [0, 0.05) is 10.6 Å². The molecule has 0 saturated carbocycles. The van der Waals surface area contributed by atoms with Gasteiger partial charge in [0.15, 0.2) is 0 Å². The highest BCUT2D eigenvalue weighted by molar-refractivity contribution is 7.12. The van der Waals surface area contributed by atoms with E-state index in [-0.39, 0.29) is 5.91 Å². The van der Waals surface area contributed by atoms with E-state index in [0.29, 0.717) is 33.5 Å². The van der Waals surface area contributed by atoms with Crippen LogP contribution in [0.15, 0.2) is 95.4 Å². The fourth-order valence-electron chi connectivity index (χ4n) is 3.03. The molecule has 0 spiro atoms. The summed E-state index contributed by atoms with van der Waals surface area (Å²) in [6.45, 7) is 0.367. The van der Waals surface area contributed by atoms with Gasteiger partial charge in [0.05, 0.1) is 22.3 Å². The zero-order chi connectivity index (χ0) is 23.8. The Morgan fingerprint density at radius 1 is 0.912 bits per heavy atom. The number of halogens is 1. The Bertz CT molecular complexity index is 1310. The van der Waals surface area contributed by atoms with Gasteiger partial charge in [-0.25, -0.2) is 5.43 Å². The van der Waals surface area contributed by atoms with E-state index in [1.165, 1.54) is 17.6 Å². The molecule has 0 aliphatic heterocycles. The van der Waals surface area contributed by atoms with E-state index in [4.69, 9.17) is 16.3 Å². The topological polar surface area (TPSA) is 79.8 Å². The molecule has 4 aromatic rings. The van der Waals surface area contributed by atoms with Crippen LogP contribution in [0.4, 0.5) is 5.69 Å². The second kappa shape index (κ2) is 11.3. The fourth-order valence-corrected chi connectivity index (χ4v) is 3.84. The molecule has 0 aliphatic rings. The van der Waals surface area contributed by atoms with Crippen LogP contribution in [-0.2, 0) is 6.61 Å². The van der Waals surface area contributed by atoms with Crippen molar-refractivity contribution in [1.82, 2.24) is 5.43 Å². The molecule has 2 amide bonds. The molecule has 3 aromatic carbocycles. The average molecular weight is 490 g/mol. The molecule has 1 heterocycles. The maximum absolute atomic E-state index is 12.6. The Balaban J connectivity index is 1.33. The molecule has 0 unspecified atom stereocenters. The Morgan fingerprint density at radius 3 is 2.44 bits per heavy atom. The van der Waals surface area contributed by atoms with Crippen molar-refractivity contribution in [2.45, 2.75) is 6.61 Å². The molecule has 8 heteroatoms. The Hall–Kier alpha value is -3.94. The van der Waals surface area contributed by atoms with Crippen LogP contribution in [0.25, 0.3) is 0 Å². The van der Waals surface area contributed by atoms with E-state index in [9.17, 15) is 9.59 Å². The molecular formula is C26H20ClN3O3S. The largest absolute Gasteiger partial charge is 0.489 e. The lowest BCUT2D eigenvalue weighted by molar-refractivity contribution is 0.0956. The summed E-state index contributed by atoms with van der Waals surface area (Å²) < 4.78 is 5.77. The SMILES string of the molecule is O=C(Nc1ccccc1C(=O)NN=Cc1ccc(OCc2ccccc2Cl)cc1)c1cccs1. The van der Waals surface area contributed by atoms with Crippen molar-refractivity contribution in [1.29, 1.82) is 0 Å². The van der Waals surface area contributed by atoms with Gasteiger partial charge >= 0.3 is 0 Å². The molecule has 0 atom stereocenters. The first-order valence-corrected chi connectivity index (χ1v) is 11.6. The monoisotopic (exact) mass is 489 g/mol. The van der Waals surface area contributed by atoms with Crippen molar-refractivity contribution >= 4 is 46.7 Å². The van der Waals surface area contributed by atoms with Gasteiger partial charge in [0.2, 0.25) is 0 Å². The minimum atomic E-state index is -0.432. The van der Waals surface area contributed by atoms with Crippen molar-refractivity contribution in [2.24, 2.45) is 5.10 Å². The van der Waals surface area contributed by atoms with Gasteiger partial charge in [0.25, 0.3) is 11.8 Å². The molecule has 1 aromatic heterocycles. The number of benzene rings is 3. The predicted octanol–water partition coefficient (Wildman–Crippen LogP) is 6.00. The van der Waals surface area contributed by atoms with Gasteiger partial charge in [-0.05, 0) is 59.5 Å². The van der Waals surface area contributed by atoms with Crippen LogP contribution in [0.1, 0.15) is 31.2 Å². The van der Waals surface area contributed by atoms with Crippen LogP contribution in [0.5, 0.6) is 5.75 Å². The number of anilines is 1. The van der Waals surface area contributed by atoms with Gasteiger partial charge in [-0.2, -0.15) is 5.10 Å². The van der Waals surface area contributed by atoms with Crippen molar-refractivity contribution < 1.29 is 14.3 Å². The zero-order valence-electron chi connectivity index (χ0n) is 17.9. The molecule has 0 radical (unpaired) electrons. The minimum absolute atomic E-state index is 0.268. The summed E-state index contributed by atoms with van der Waals surface area (Å²) in [6.07, 6.45) is 1.53. The third-order valence-electron chi connectivity index (χ3n) is 4.78. The molecule has 0 bridgehead atoms. The molecule has 4 rings (SSSR count). The first kappa shape index (κ1) is 23.2. The summed E-state index contributed by atoms with van der Waals surface area (Å²) in [4.78, 5) is 25.5. The lowest BCUT2D eigenvalue weighted by Crippen LogP contribution is -2.21. The number of hydrogen-bond acceptors (Lipinski definition) is 5. The number of rotatable bonds is 8. The molecular weight excluding hydrogens is 470 g/mol. The highest BCUT2D eigenvalue weighted by atomic mass is 35.5. The molecule has 0 fully saturated rings. The summed E-state index contributed by atoms with van der Waals surface area (Å²) in [6, 6.07) is 25.1. The van der Waals surface area contributed by atoms with Crippen LogP contribution >= 0.6 is 22.9 Å². The summed E-state index contributed by atoms with van der Waals surface area (Å²) in [5, 5.41) is 9.28. The van der Waals surface area contributed by atoms with E-state index >= 15 is 0 Å². The van der Waals surface area contributed by atoms with Gasteiger partial charge in [0.1, 0.15) is 12.4 Å². The van der Waals surface area contributed by atoms with Crippen LogP contribution in [0.3, 0.4) is 0 Å². The molecule has 34 heavy (non-hydrogen) atoms. The average Bonchev–Trinajstić information content (AvgIpc) is 3.40. The third kappa shape index (κ3) is 6.10. The maximum Gasteiger partial charge on any atom is 0.273 e. The predicted molar refractivity (Wildman–Crippen MR) is 136 cm³/mol. The van der Waals surface area contributed by atoms with E-state index in [1.807, 2.05) is 53.9 Å². The number of carbonyl (C=O) groups excluding carboxylic acids is 2. The Labute approximate surface area is 205 Å². The smallest absolute Gasteiger partial charge is 0.273 e. The number of nitrogens with zero attached hydrogens (tertiary/aromatic N) is 1. The molecule has 170 valence electrons. The standard InChI is InChI=1S/C26H20ClN3O3S/c27-22-8-3-1-6-19(22)17-33-20-13-11-18(12-14-20)16-28-30-25(31)21-7-2-4-9-23(21)29-26(32)24-10-5-15-34-24/h1-16H,17H2,(H,29,32)(H,30,31). The number of thiophene rings is 1. The van der Waals surface area contributed by atoms with Crippen LogP contribution in [0, 0.1) is 0 Å². The van der Waals surface area contributed by atoms with Crippen LogP contribution in [0.2, 0.25) is 5.02 Å². The number of hydrogen-bond donors (Lipinski definition) is 2. The highest BCUT2D eigenvalue weighted by Gasteiger charge is 2.14. The Kier molecular flexibility index (Phi) is 7.70. The number of para-hydroxylation sites is 1. The molecule has 2 N–H and O–H groups in total. The van der Waals surface area contributed by atoms with E-state index < -0.39 is 5.91 Å². The number of carbonyl (C=O) groups is 2. The second-order valence-corrected chi connectivity index (χ2v) is 8.48. The Morgan fingerprint density at radius 2 is 1.68 bits per heavy atom. The third-order valence-corrected chi connectivity index (χ3v) is 6.01. The highest BCUT2D eigenvalue weighted by Crippen LogP contribution is 2.19. The van der Waals surface area contributed by atoms with Crippen LogP contribution < -0.4 is 15.5 Å². The lowest BCUT2D eigenvalue weighted by Gasteiger charge is -2.09. The molecule has 6 nitrogen and oxygen atoms in total. The number of hydrazone groups is 1. The van der Waals surface area contributed by atoms with E-state index in [1.54, 1.807) is 36.4 Å². The normalized spacial score (nSPS) is 10.7. The summed E-state index contributed by atoms with van der Waals surface area (Å²) in [5.74, 6) is -0.00914. The fraction of sp³-hybridized carbons (Fsp3) is 0.0385. The summed E-state index contributed by atoms with van der Waals surface area (Å²) >= 11 is 7.48. The molecule has 0 saturated heterocycles. The van der Waals surface area contributed by atoms with Crippen molar-refractivity contribution in [2.75, 3.05) is 5.32 Å². The van der Waals surface area contributed by atoms with E-state index in [2.05, 4.69) is 15.8 Å². The maximum atomic E-state index is 12.6. The number of nitrogens with one attached hydrogen (secondary N) is 2. The van der Waals surface area contributed by atoms with Crippen LogP contribution in [-0.4, -0.2) is 18.0 Å². The quantitative estimate of drug-likeness (QED) is 0.235. The lowest BCUT2D eigenvalue weighted by atomic mass is 10.1. The van der Waals surface area contributed by atoms with Gasteiger partial charge in [-0.3, -0.25) is 9.59 Å².